The monoisotopic (exact) mass is 340 g/mol. The predicted molar refractivity (Wildman–Crippen MR) is 69.9 cm³/mol. The van der Waals surface area contributed by atoms with Gasteiger partial charge >= 0.3 is 0 Å². The van der Waals surface area contributed by atoms with E-state index in [1.165, 1.54) is 0 Å². The molecule has 0 aliphatic heterocycles. The Balaban J connectivity index is 3.45. The molecule has 90 valence electrons. The van der Waals surface area contributed by atoms with Gasteiger partial charge in [-0.05, 0) is 0 Å². The zero-order valence-corrected chi connectivity index (χ0v) is 12.2. The molecule has 1 atom stereocenters. The lowest BCUT2D eigenvalue weighted by Crippen LogP contribution is -2.04. The van der Waals surface area contributed by atoms with Crippen molar-refractivity contribution in [3.05, 3.63) is 25.1 Å². The molecule has 0 spiro atoms. The van der Waals surface area contributed by atoms with Crippen LogP contribution in [0.25, 0.3) is 0 Å². The summed E-state index contributed by atoms with van der Waals surface area (Å²) in [4.78, 5) is 0.0942. The van der Waals surface area contributed by atoms with Crippen LogP contribution in [-0.2, 0) is 10.8 Å². The summed E-state index contributed by atoms with van der Waals surface area (Å²) < 4.78 is 11.7. The highest BCUT2D eigenvalue weighted by Gasteiger charge is 2.22. The molecule has 0 saturated heterocycles. The van der Waals surface area contributed by atoms with Crippen LogP contribution in [0.15, 0.2) is 4.90 Å². The van der Waals surface area contributed by atoms with Crippen LogP contribution in [0, 0.1) is 0 Å². The molecule has 0 bridgehead atoms. The molecule has 8 heteroatoms. The van der Waals surface area contributed by atoms with Crippen molar-refractivity contribution in [3.8, 4) is 0 Å². The summed E-state index contributed by atoms with van der Waals surface area (Å²) in [6, 6.07) is 0. The van der Waals surface area contributed by atoms with Crippen molar-refractivity contribution >= 4 is 68.8 Å². The van der Waals surface area contributed by atoms with Gasteiger partial charge in [0.05, 0.1) is 53.2 Å². The molecule has 1 N–H and O–H groups in total. The SMILES string of the molecule is O=[S@@](CCO)c1c(Cl)c(Cl)c(Cl)c(Cl)c1Cl. The minimum absolute atomic E-state index is 0.000905. The Morgan fingerprint density at radius 1 is 0.875 bits per heavy atom. The van der Waals surface area contributed by atoms with Crippen molar-refractivity contribution < 1.29 is 9.32 Å². The molecular weight excluding hydrogens is 337 g/mol. The Morgan fingerprint density at radius 3 is 1.62 bits per heavy atom. The minimum Gasteiger partial charge on any atom is -0.395 e. The molecule has 1 aromatic carbocycles. The molecule has 2 nitrogen and oxygen atoms in total. The first-order valence-corrected chi connectivity index (χ1v) is 7.13. The van der Waals surface area contributed by atoms with Crippen LogP contribution < -0.4 is 0 Å². The van der Waals surface area contributed by atoms with E-state index in [2.05, 4.69) is 0 Å². The van der Waals surface area contributed by atoms with Gasteiger partial charge in [0.2, 0.25) is 0 Å². The standard InChI is InChI=1S/C8H5Cl5O2S/c9-3-4(10)6(12)8(7(13)5(3)11)16(15)2-1-14/h14H,1-2H2/t16-/m0/s1. The molecule has 0 aromatic heterocycles. The molecule has 0 aliphatic rings. The maximum absolute atomic E-state index is 11.7. The third-order valence-electron chi connectivity index (χ3n) is 1.67. The number of rotatable bonds is 3. The third-order valence-corrected chi connectivity index (χ3v) is 5.59. The lowest BCUT2D eigenvalue weighted by atomic mass is 10.3. The van der Waals surface area contributed by atoms with E-state index in [0.29, 0.717) is 0 Å². The second-order valence-electron chi connectivity index (χ2n) is 2.67. The van der Waals surface area contributed by atoms with E-state index in [1.54, 1.807) is 0 Å². The Kier molecular flexibility index (Phi) is 5.65. The maximum atomic E-state index is 11.7. The fourth-order valence-corrected chi connectivity index (χ4v) is 3.71. The molecule has 0 saturated carbocycles. The zero-order valence-electron chi connectivity index (χ0n) is 7.57. The summed E-state index contributed by atoms with van der Waals surface area (Å²) in [6.45, 7) is -0.267. The van der Waals surface area contributed by atoms with E-state index in [0.717, 1.165) is 0 Å². The average Bonchev–Trinajstić information content (AvgIpc) is 2.24. The van der Waals surface area contributed by atoms with E-state index in [1.807, 2.05) is 0 Å². The van der Waals surface area contributed by atoms with Gasteiger partial charge in [-0.25, -0.2) is 0 Å². The molecule has 0 radical (unpaired) electrons. The second kappa shape index (κ2) is 6.10. The second-order valence-corrected chi connectivity index (χ2v) is 6.07. The zero-order chi connectivity index (χ0) is 12.5. The van der Waals surface area contributed by atoms with Crippen molar-refractivity contribution in [3.63, 3.8) is 0 Å². The number of aliphatic hydroxyl groups is 1. The molecule has 0 fully saturated rings. The van der Waals surface area contributed by atoms with Crippen LogP contribution in [0.4, 0.5) is 0 Å². The molecule has 1 rings (SSSR count). The van der Waals surface area contributed by atoms with Gasteiger partial charge in [-0.2, -0.15) is 0 Å². The van der Waals surface area contributed by atoms with Gasteiger partial charge < -0.3 is 5.11 Å². The minimum atomic E-state index is -1.58. The van der Waals surface area contributed by atoms with Crippen LogP contribution in [0.5, 0.6) is 0 Å². The van der Waals surface area contributed by atoms with Crippen LogP contribution >= 0.6 is 58.0 Å². The number of benzene rings is 1. The summed E-state index contributed by atoms with van der Waals surface area (Å²) >= 11 is 29.1. The normalized spacial score (nSPS) is 12.9. The topological polar surface area (TPSA) is 37.3 Å². The van der Waals surface area contributed by atoms with Crippen molar-refractivity contribution in [1.29, 1.82) is 0 Å². The highest BCUT2D eigenvalue weighted by Crippen LogP contribution is 2.45. The predicted octanol–water partition coefficient (Wildman–Crippen LogP) is 4.05. The highest BCUT2D eigenvalue weighted by atomic mass is 35.5. The van der Waals surface area contributed by atoms with Crippen molar-refractivity contribution in [1.82, 2.24) is 0 Å². The van der Waals surface area contributed by atoms with Gasteiger partial charge in [0, 0.05) is 0 Å². The first-order chi connectivity index (χ1) is 7.41. The van der Waals surface area contributed by atoms with Crippen molar-refractivity contribution in [2.24, 2.45) is 0 Å². The van der Waals surface area contributed by atoms with Crippen molar-refractivity contribution in [2.75, 3.05) is 12.4 Å². The Bertz CT molecular complexity index is 420. The van der Waals surface area contributed by atoms with Crippen LogP contribution in [-0.4, -0.2) is 21.7 Å². The third kappa shape index (κ3) is 2.78. The molecular formula is C8H5Cl5O2S. The summed E-state index contributed by atoms with van der Waals surface area (Å²) in [6.07, 6.45) is 0. The lowest BCUT2D eigenvalue weighted by Gasteiger charge is -2.11. The number of hydrogen-bond donors (Lipinski definition) is 1. The number of halogens is 5. The molecule has 0 unspecified atom stereocenters. The van der Waals surface area contributed by atoms with Crippen molar-refractivity contribution in [2.45, 2.75) is 4.90 Å². The van der Waals surface area contributed by atoms with Gasteiger partial charge in [0.15, 0.2) is 0 Å². The lowest BCUT2D eigenvalue weighted by molar-refractivity contribution is 0.321. The van der Waals surface area contributed by atoms with Gasteiger partial charge in [0.1, 0.15) is 0 Å². The largest absolute Gasteiger partial charge is 0.395 e. The molecule has 16 heavy (non-hydrogen) atoms. The number of hydrogen-bond acceptors (Lipinski definition) is 2. The summed E-state index contributed by atoms with van der Waals surface area (Å²) in [5, 5.41) is 8.70. The van der Waals surface area contributed by atoms with Gasteiger partial charge in [-0.15, -0.1) is 0 Å². The quantitative estimate of drug-likeness (QED) is 0.664. The fourth-order valence-electron chi connectivity index (χ4n) is 0.970. The maximum Gasteiger partial charge on any atom is 0.0809 e. The van der Waals surface area contributed by atoms with E-state index >= 15 is 0 Å². The Hall–Kier alpha value is 0.780. The average molecular weight is 342 g/mol. The van der Waals surface area contributed by atoms with Gasteiger partial charge in [0.25, 0.3) is 0 Å². The van der Waals surface area contributed by atoms with Crippen LogP contribution in [0.2, 0.25) is 25.1 Å². The Labute approximate surface area is 120 Å². The van der Waals surface area contributed by atoms with E-state index in [9.17, 15) is 4.21 Å². The highest BCUT2D eigenvalue weighted by molar-refractivity contribution is 7.85. The Morgan fingerprint density at radius 2 is 1.25 bits per heavy atom. The summed E-state index contributed by atoms with van der Waals surface area (Å²) in [5.74, 6) is -0.00622. The van der Waals surface area contributed by atoms with Crippen LogP contribution in [0.3, 0.4) is 0 Å². The van der Waals surface area contributed by atoms with E-state index in [-0.39, 0.29) is 42.4 Å². The smallest absolute Gasteiger partial charge is 0.0809 e. The summed E-state index contributed by atoms with van der Waals surface area (Å²) in [5.41, 5.74) is 0. The first-order valence-electron chi connectivity index (χ1n) is 3.92. The van der Waals surface area contributed by atoms with E-state index < -0.39 is 10.8 Å². The molecule has 0 heterocycles. The molecule has 1 aromatic rings. The van der Waals surface area contributed by atoms with Gasteiger partial charge in [-0.1, -0.05) is 58.0 Å². The van der Waals surface area contributed by atoms with E-state index in [4.69, 9.17) is 63.1 Å². The fraction of sp³-hybridized carbons (Fsp3) is 0.250. The molecule has 0 amide bonds. The first kappa shape index (κ1) is 14.8. The summed E-state index contributed by atoms with van der Waals surface area (Å²) in [7, 11) is -1.58. The van der Waals surface area contributed by atoms with Gasteiger partial charge in [-0.3, -0.25) is 4.21 Å². The number of aliphatic hydroxyl groups excluding tert-OH is 1. The van der Waals surface area contributed by atoms with Crippen LogP contribution in [0.1, 0.15) is 0 Å². The molecule has 0 aliphatic carbocycles.